The second-order valence-electron chi connectivity index (χ2n) is 2.92. The Kier molecular flexibility index (Phi) is 2.68. The van der Waals surface area contributed by atoms with Crippen molar-refractivity contribution < 1.29 is 9.11 Å². The van der Waals surface area contributed by atoms with Crippen molar-refractivity contribution in [3.63, 3.8) is 0 Å². The van der Waals surface area contributed by atoms with E-state index in [0.717, 1.165) is 0 Å². The number of hydrogen-bond donors (Lipinski definition) is 2. The molecule has 0 aliphatic carbocycles. The monoisotopic (exact) mass is 222 g/mol. The lowest BCUT2D eigenvalue weighted by Gasteiger charge is -2.30. The maximum absolute atomic E-state index is 9.99. The van der Waals surface area contributed by atoms with Crippen molar-refractivity contribution >= 4 is 10.6 Å². The van der Waals surface area contributed by atoms with Gasteiger partial charge in [-0.15, -0.1) is 15.7 Å². The van der Waals surface area contributed by atoms with Crippen molar-refractivity contribution in [2.24, 2.45) is 0 Å². The Labute approximate surface area is 89.0 Å². The first-order chi connectivity index (χ1) is 7.21. The van der Waals surface area contributed by atoms with Gasteiger partial charge in [-0.2, -0.15) is 5.10 Å². The van der Waals surface area contributed by atoms with Crippen LogP contribution in [0.25, 0.3) is 0 Å². The maximum atomic E-state index is 9.99. The molecule has 0 amide bonds. The number of benzene rings is 1. The fraction of sp³-hybridized carbons (Fsp3) is 0. The van der Waals surface area contributed by atoms with Gasteiger partial charge in [0.2, 0.25) is 0 Å². The van der Waals surface area contributed by atoms with Crippen molar-refractivity contribution in [1.29, 1.82) is 0 Å². The normalized spacial score (nSPS) is 12.4. The van der Waals surface area contributed by atoms with Crippen LogP contribution >= 0.6 is 10.6 Å². The maximum Gasteiger partial charge on any atom is 0.174 e. The van der Waals surface area contributed by atoms with Crippen LogP contribution in [0.15, 0.2) is 58.6 Å². The third-order valence-corrected chi connectivity index (χ3v) is 3.64. The second-order valence-corrected chi connectivity index (χ2v) is 4.91. The van der Waals surface area contributed by atoms with Crippen LogP contribution in [0.4, 0.5) is 0 Å². The van der Waals surface area contributed by atoms with E-state index in [2.05, 4.69) is 10.2 Å². The van der Waals surface area contributed by atoms with Gasteiger partial charge in [-0.3, -0.25) is 9.11 Å². The average Bonchev–Trinajstić information content (AvgIpc) is 2.31. The Morgan fingerprint density at radius 3 is 2.27 bits per heavy atom. The minimum Gasteiger partial charge on any atom is -0.289 e. The number of hydrogen-bond acceptors (Lipinski definition) is 4. The van der Waals surface area contributed by atoms with E-state index in [4.69, 9.17) is 0 Å². The van der Waals surface area contributed by atoms with Gasteiger partial charge in [-0.25, -0.2) is 0 Å². The predicted octanol–water partition coefficient (Wildman–Crippen LogP) is 2.65. The lowest BCUT2D eigenvalue weighted by atomic mass is 10.4. The number of aromatic nitrogens is 2. The summed E-state index contributed by atoms with van der Waals surface area (Å²) in [4.78, 5) is 0.450. The minimum atomic E-state index is -3.01. The van der Waals surface area contributed by atoms with Gasteiger partial charge in [0.1, 0.15) is 0 Å². The summed E-state index contributed by atoms with van der Waals surface area (Å²) in [5.74, 6) is 0. The summed E-state index contributed by atoms with van der Waals surface area (Å²) in [5.41, 5.74) is 0. The molecule has 1 heterocycles. The van der Waals surface area contributed by atoms with Gasteiger partial charge < -0.3 is 0 Å². The highest BCUT2D eigenvalue weighted by Crippen LogP contribution is 2.53. The van der Waals surface area contributed by atoms with Crippen LogP contribution in [-0.2, 0) is 0 Å². The molecule has 2 aromatic rings. The highest BCUT2D eigenvalue weighted by atomic mass is 32.3. The highest BCUT2D eigenvalue weighted by molar-refractivity contribution is 8.24. The fourth-order valence-electron chi connectivity index (χ4n) is 1.17. The van der Waals surface area contributed by atoms with Gasteiger partial charge in [-0.05, 0) is 24.3 Å². The topological polar surface area (TPSA) is 66.2 Å². The van der Waals surface area contributed by atoms with Crippen molar-refractivity contribution in [2.75, 3.05) is 0 Å². The van der Waals surface area contributed by atoms with Crippen molar-refractivity contribution in [3.8, 4) is 0 Å². The molecule has 5 heteroatoms. The zero-order valence-corrected chi connectivity index (χ0v) is 8.63. The molecular weight excluding hydrogens is 212 g/mol. The summed E-state index contributed by atoms with van der Waals surface area (Å²) in [6.07, 6.45) is 1.49. The summed E-state index contributed by atoms with van der Waals surface area (Å²) in [6, 6.07) is 11.8. The molecule has 0 fully saturated rings. The van der Waals surface area contributed by atoms with Gasteiger partial charge in [0.05, 0.1) is 4.90 Å². The fourth-order valence-corrected chi connectivity index (χ4v) is 2.38. The smallest absolute Gasteiger partial charge is 0.174 e. The Bertz CT molecular complexity index is 392. The molecule has 2 N–H and O–H groups in total. The molecule has 0 unspecified atom stereocenters. The molecule has 0 radical (unpaired) electrons. The zero-order valence-electron chi connectivity index (χ0n) is 7.82. The van der Waals surface area contributed by atoms with E-state index in [1.165, 1.54) is 6.20 Å². The van der Waals surface area contributed by atoms with E-state index < -0.39 is 10.6 Å². The highest BCUT2D eigenvalue weighted by Gasteiger charge is 2.19. The van der Waals surface area contributed by atoms with Crippen molar-refractivity contribution in [1.82, 2.24) is 10.2 Å². The molecular formula is C10H10N2O2S. The first kappa shape index (κ1) is 10.1. The third kappa shape index (κ3) is 1.99. The van der Waals surface area contributed by atoms with E-state index in [1.54, 1.807) is 36.4 Å². The Hall–Kier alpha value is -1.43. The summed E-state index contributed by atoms with van der Waals surface area (Å²) in [6.45, 7) is 0. The van der Waals surface area contributed by atoms with E-state index in [-0.39, 0.29) is 5.03 Å². The molecule has 0 aliphatic rings. The second kappa shape index (κ2) is 3.98. The summed E-state index contributed by atoms with van der Waals surface area (Å²) in [7, 11) is -3.01. The Morgan fingerprint density at radius 1 is 0.933 bits per heavy atom. The molecule has 0 bridgehead atoms. The standard InChI is InChI=1S/C10H10N2O2S/c13-15(14,9-5-2-1-3-6-9)10-7-4-8-11-12-10/h1-8,13-14H. The number of nitrogens with zero attached hydrogens (tertiary/aromatic N) is 2. The van der Waals surface area contributed by atoms with Crippen LogP contribution in [0, 0.1) is 0 Å². The number of rotatable bonds is 2. The first-order valence-corrected chi connectivity index (χ1v) is 5.87. The Balaban J connectivity index is 2.44. The molecule has 4 nitrogen and oxygen atoms in total. The lowest BCUT2D eigenvalue weighted by molar-refractivity contribution is 0.480. The zero-order chi connectivity index (χ0) is 10.7. The molecule has 1 aromatic carbocycles. The first-order valence-electron chi connectivity index (χ1n) is 4.32. The summed E-state index contributed by atoms with van der Waals surface area (Å²) < 4.78 is 20.0. The van der Waals surface area contributed by atoms with Crippen LogP contribution in [-0.4, -0.2) is 19.3 Å². The van der Waals surface area contributed by atoms with Crippen LogP contribution in [0.5, 0.6) is 0 Å². The molecule has 0 aliphatic heterocycles. The molecule has 15 heavy (non-hydrogen) atoms. The molecule has 0 atom stereocenters. The van der Waals surface area contributed by atoms with Gasteiger partial charge in [-0.1, -0.05) is 18.2 Å². The third-order valence-electron chi connectivity index (χ3n) is 1.91. The van der Waals surface area contributed by atoms with Crippen LogP contribution in [0.1, 0.15) is 0 Å². The molecule has 2 rings (SSSR count). The molecule has 1 aromatic heterocycles. The van der Waals surface area contributed by atoms with Crippen LogP contribution < -0.4 is 0 Å². The van der Waals surface area contributed by atoms with Crippen LogP contribution in [0.2, 0.25) is 0 Å². The van der Waals surface area contributed by atoms with E-state index >= 15 is 0 Å². The van der Waals surface area contributed by atoms with Crippen molar-refractivity contribution in [3.05, 3.63) is 48.7 Å². The quantitative estimate of drug-likeness (QED) is 0.819. The SMILES string of the molecule is OS(O)(c1ccccc1)c1cccnn1. The van der Waals surface area contributed by atoms with E-state index in [0.29, 0.717) is 4.90 Å². The lowest BCUT2D eigenvalue weighted by Crippen LogP contribution is -2.02. The van der Waals surface area contributed by atoms with Crippen molar-refractivity contribution in [2.45, 2.75) is 9.92 Å². The van der Waals surface area contributed by atoms with Crippen LogP contribution in [0.3, 0.4) is 0 Å². The van der Waals surface area contributed by atoms with Gasteiger partial charge in [0.25, 0.3) is 0 Å². The van der Waals surface area contributed by atoms with Gasteiger partial charge in [0, 0.05) is 6.20 Å². The minimum absolute atomic E-state index is 0.191. The molecule has 0 spiro atoms. The van der Waals surface area contributed by atoms with E-state index in [1.807, 2.05) is 6.07 Å². The molecule has 78 valence electrons. The Morgan fingerprint density at radius 2 is 1.67 bits per heavy atom. The summed E-state index contributed by atoms with van der Waals surface area (Å²) in [5, 5.41) is 7.53. The average molecular weight is 222 g/mol. The van der Waals surface area contributed by atoms with Gasteiger partial charge >= 0.3 is 0 Å². The van der Waals surface area contributed by atoms with E-state index in [9.17, 15) is 9.11 Å². The summed E-state index contributed by atoms with van der Waals surface area (Å²) >= 11 is 0. The molecule has 0 saturated heterocycles. The molecule has 0 saturated carbocycles. The largest absolute Gasteiger partial charge is 0.289 e. The van der Waals surface area contributed by atoms with Gasteiger partial charge in [0.15, 0.2) is 5.03 Å². The predicted molar refractivity (Wildman–Crippen MR) is 57.9 cm³/mol.